The van der Waals surface area contributed by atoms with E-state index in [2.05, 4.69) is 21.2 Å². The quantitative estimate of drug-likeness (QED) is 0.756. The Hall–Kier alpha value is -1.44. The number of halogens is 1. The fourth-order valence-corrected chi connectivity index (χ4v) is 2.63. The predicted molar refractivity (Wildman–Crippen MR) is 76.4 cm³/mol. The number of amides is 1. The van der Waals surface area contributed by atoms with Gasteiger partial charge in [0.15, 0.2) is 0 Å². The lowest BCUT2D eigenvalue weighted by molar-refractivity contribution is -0.142. The minimum absolute atomic E-state index is 0.0602. The fraction of sp³-hybridized carbons (Fsp3) is 0.385. The van der Waals surface area contributed by atoms with Crippen LogP contribution in [0, 0.1) is 0 Å². The Labute approximate surface area is 124 Å². The Morgan fingerprint density at radius 3 is 2.75 bits per heavy atom. The number of nitrogens with one attached hydrogen (secondary N) is 1. The second kappa shape index (κ2) is 6.34. The molecule has 2 unspecified atom stereocenters. The number of hydrogen-bond donors (Lipinski definition) is 3. The maximum absolute atomic E-state index is 11.9. The zero-order valence-electron chi connectivity index (χ0n) is 10.6. The predicted octanol–water partition coefficient (Wildman–Crippen LogP) is 0.907. The SMILES string of the molecule is O=C(CN1CC(O)CC1C(=O)O)Nc1ccccc1Br. The number of carbonyl (C=O) groups excluding carboxylic acids is 1. The molecule has 1 aliphatic heterocycles. The van der Waals surface area contributed by atoms with Crippen molar-refractivity contribution in [2.45, 2.75) is 18.6 Å². The number of anilines is 1. The number of carboxylic acid groups (broad SMARTS) is 1. The van der Waals surface area contributed by atoms with Crippen molar-refractivity contribution in [1.82, 2.24) is 4.90 Å². The van der Waals surface area contributed by atoms with Crippen LogP contribution in [0.15, 0.2) is 28.7 Å². The summed E-state index contributed by atoms with van der Waals surface area (Å²) >= 11 is 3.32. The highest BCUT2D eigenvalue weighted by atomic mass is 79.9. The van der Waals surface area contributed by atoms with Gasteiger partial charge in [0.1, 0.15) is 6.04 Å². The summed E-state index contributed by atoms with van der Waals surface area (Å²) in [5, 5.41) is 21.3. The summed E-state index contributed by atoms with van der Waals surface area (Å²) in [5.74, 6) is -1.33. The first-order valence-electron chi connectivity index (χ1n) is 6.16. The summed E-state index contributed by atoms with van der Waals surface area (Å²) in [6.07, 6.45) is -0.551. The first kappa shape index (κ1) is 15.0. The third kappa shape index (κ3) is 3.56. The standard InChI is InChI=1S/C13H15BrN2O4/c14-9-3-1-2-4-10(9)15-12(18)7-16-6-8(17)5-11(16)13(19)20/h1-4,8,11,17H,5-7H2,(H,15,18)(H,19,20). The van der Waals surface area contributed by atoms with Crippen LogP contribution in [-0.4, -0.2) is 52.2 Å². The zero-order valence-corrected chi connectivity index (χ0v) is 12.2. The Morgan fingerprint density at radius 1 is 1.40 bits per heavy atom. The number of aliphatic hydroxyl groups is 1. The van der Waals surface area contributed by atoms with Crippen LogP contribution in [0.25, 0.3) is 0 Å². The molecule has 0 saturated carbocycles. The minimum Gasteiger partial charge on any atom is -0.480 e. The number of likely N-dealkylation sites (tertiary alicyclic amines) is 1. The van der Waals surface area contributed by atoms with E-state index >= 15 is 0 Å². The molecule has 1 aromatic carbocycles. The molecule has 108 valence electrons. The second-order valence-corrected chi connectivity index (χ2v) is 5.56. The van der Waals surface area contributed by atoms with E-state index in [-0.39, 0.29) is 25.4 Å². The lowest BCUT2D eigenvalue weighted by Gasteiger charge is -2.20. The van der Waals surface area contributed by atoms with Crippen LogP contribution in [0.4, 0.5) is 5.69 Å². The van der Waals surface area contributed by atoms with Gasteiger partial charge in [-0.1, -0.05) is 12.1 Å². The average molecular weight is 343 g/mol. The number of para-hydroxylation sites is 1. The molecule has 7 heteroatoms. The highest BCUT2D eigenvalue weighted by Gasteiger charge is 2.36. The highest BCUT2D eigenvalue weighted by Crippen LogP contribution is 2.22. The van der Waals surface area contributed by atoms with Gasteiger partial charge in [-0.05, 0) is 28.1 Å². The average Bonchev–Trinajstić information content (AvgIpc) is 2.73. The van der Waals surface area contributed by atoms with Crippen LogP contribution in [0.1, 0.15) is 6.42 Å². The van der Waals surface area contributed by atoms with Gasteiger partial charge in [-0.2, -0.15) is 0 Å². The zero-order chi connectivity index (χ0) is 14.7. The summed E-state index contributed by atoms with van der Waals surface area (Å²) in [6.45, 7) is 0.135. The lowest BCUT2D eigenvalue weighted by Crippen LogP contribution is -2.41. The Bertz CT molecular complexity index is 523. The first-order valence-corrected chi connectivity index (χ1v) is 6.96. The van der Waals surface area contributed by atoms with Crippen LogP contribution in [-0.2, 0) is 9.59 Å². The van der Waals surface area contributed by atoms with Crippen molar-refractivity contribution in [2.24, 2.45) is 0 Å². The summed E-state index contributed by atoms with van der Waals surface area (Å²) in [5.41, 5.74) is 0.629. The van der Waals surface area contributed by atoms with Gasteiger partial charge < -0.3 is 15.5 Å². The van der Waals surface area contributed by atoms with E-state index in [0.717, 1.165) is 4.47 Å². The molecule has 1 aromatic rings. The molecule has 0 radical (unpaired) electrons. The molecule has 0 spiro atoms. The minimum atomic E-state index is -1.02. The Balaban J connectivity index is 1.98. The molecule has 6 nitrogen and oxygen atoms in total. The number of hydrogen-bond acceptors (Lipinski definition) is 4. The van der Waals surface area contributed by atoms with Crippen LogP contribution < -0.4 is 5.32 Å². The first-order chi connectivity index (χ1) is 9.47. The number of β-amino-alcohol motifs (C(OH)–C–C–N with tert-alkyl or cyclic N) is 1. The monoisotopic (exact) mass is 342 g/mol. The molecule has 0 bridgehead atoms. The normalized spacial score (nSPS) is 22.7. The number of carboxylic acids is 1. The van der Waals surface area contributed by atoms with Crippen LogP contribution in [0.5, 0.6) is 0 Å². The molecule has 2 rings (SSSR count). The number of aliphatic hydroxyl groups excluding tert-OH is 1. The maximum atomic E-state index is 11.9. The van der Waals surface area contributed by atoms with Gasteiger partial charge in [0, 0.05) is 17.4 Å². The Kier molecular flexibility index (Phi) is 4.74. The van der Waals surface area contributed by atoms with Gasteiger partial charge in [0.2, 0.25) is 5.91 Å². The molecule has 1 heterocycles. The second-order valence-electron chi connectivity index (χ2n) is 4.70. The van der Waals surface area contributed by atoms with E-state index in [1.54, 1.807) is 18.2 Å². The van der Waals surface area contributed by atoms with Crippen LogP contribution in [0.2, 0.25) is 0 Å². The van der Waals surface area contributed by atoms with E-state index in [1.807, 2.05) is 6.07 Å². The van der Waals surface area contributed by atoms with Crippen molar-refractivity contribution >= 4 is 33.5 Å². The molecule has 3 N–H and O–H groups in total. The van der Waals surface area contributed by atoms with Crippen molar-refractivity contribution in [3.63, 3.8) is 0 Å². The van der Waals surface area contributed by atoms with Gasteiger partial charge in [-0.3, -0.25) is 14.5 Å². The molecule has 1 amide bonds. The van der Waals surface area contributed by atoms with E-state index in [4.69, 9.17) is 5.11 Å². The van der Waals surface area contributed by atoms with Crippen LogP contribution in [0.3, 0.4) is 0 Å². The van der Waals surface area contributed by atoms with E-state index in [1.165, 1.54) is 4.90 Å². The molecule has 0 aromatic heterocycles. The van der Waals surface area contributed by atoms with Crippen molar-refractivity contribution in [2.75, 3.05) is 18.4 Å². The van der Waals surface area contributed by atoms with Crippen molar-refractivity contribution in [3.05, 3.63) is 28.7 Å². The van der Waals surface area contributed by atoms with Crippen molar-refractivity contribution in [3.8, 4) is 0 Å². The maximum Gasteiger partial charge on any atom is 0.321 e. The summed E-state index contributed by atoms with van der Waals surface area (Å²) in [7, 11) is 0. The van der Waals surface area contributed by atoms with Crippen molar-refractivity contribution in [1.29, 1.82) is 0 Å². The smallest absolute Gasteiger partial charge is 0.321 e. The lowest BCUT2D eigenvalue weighted by atomic mass is 10.2. The third-order valence-corrected chi connectivity index (χ3v) is 3.85. The van der Waals surface area contributed by atoms with E-state index in [9.17, 15) is 14.7 Å². The highest BCUT2D eigenvalue weighted by molar-refractivity contribution is 9.10. The van der Waals surface area contributed by atoms with E-state index in [0.29, 0.717) is 5.69 Å². The Morgan fingerprint density at radius 2 is 2.10 bits per heavy atom. The molecule has 1 aliphatic rings. The molecule has 1 saturated heterocycles. The molecular weight excluding hydrogens is 328 g/mol. The number of rotatable bonds is 4. The molecule has 1 fully saturated rings. The summed E-state index contributed by atoms with van der Waals surface area (Å²) in [4.78, 5) is 24.5. The van der Waals surface area contributed by atoms with Gasteiger partial charge >= 0.3 is 5.97 Å². The number of carbonyl (C=O) groups is 2. The van der Waals surface area contributed by atoms with Gasteiger partial charge in [0.05, 0.1) is 18.3 Å². The van der Waals surface area contributed by atoms with Gasteiger partial charge in [-0.25, -0.2) is 0 Å². The molecular formula is C13H15BrN2O4. The molecule has 0 aliphatic carbocycles. The van der Waals surface area contributed by atoms with Gasteiger partial charge in [-0.15, -0.1) is 0 Å². The molecule has 2 atom stereocenters. The number of benzene rings is 1. The topological polar surface area (TPSA) is 89.9 Å². The van der Waals surface area contributed by atoms with E-state index < -0.39 is 18.1 Å². The number of aliphatic carboxylic acids is 1. The molecule has 20 heavy (non-hydrogen) atoms. The third-order valence-electron chi connectivity index (χ3n) is 3.16. The van der Waals surface area contributed by atoms with Crippen molar-refractivity contribution < 1.29 is 19.8 Å². The number of nitrogens with zero attached hydrogens (tertiary/aromatic N) is 1. The fourth-order valence-electron chi connectivity index (χ4n) is 2.25. The summed E-state index contributed by atoms with van der Waals surface area (Å²) in [6, 6.07) is 6.36. The largest absolute Gasteiger partial charge is 0.480 e. The summed E-state index contributed by atoms with van der Waals surface area (Å²) < 4.78 is 0.754. The van der Waals surface area contributed by atoms with Gasteiger partial charge in [0.25, 0.3) is 0 Å². The van der Waals surface area contributed by atoms with Crippen LogP contribution >= 0.6 is 15.9 Å².